The van der Waals surface area contributed by atoms with Gasteiger partial charge in [-0.1, -0.05) is 73.7 Å². The molecule has 4 rings (SSSR count). The lowest BCUT2D eigenvalue weighted by molar-refractivity contribution is -0.152. The van der Waals surface area contributed by atoms with Crippen molar-refractivity contribution in [3.05, 3.63) is 95.2 Å². The predicted octanol–water partition coefficient (Wildman–Crippen LogP) is 5.30. The molecule has 0 spiro atoms. The van der Waals surface area contributed by atoms with Crippen LogP contribution in [0.1, 0.15) is 42.7 Å². The lowest BCUT2D eigenvalue weighted by Crippen LogP contribution is -2.35. The van der Waals surface area contributed by atoms with E-state index in [-0.39, 0.29) is 31.4 Å². The second-order valence-electron chi connectivity index (χ2n) is 8.03. The highest BCUT2D eigenvalue weighted by atomic mass is 32.1. The smallest absolute Gasteiger partial charge is 0.307 e. The molecule has 7 nitrogen and oxygen atoms in total. The number of nitrogens with zero attached hydrogens (tertiary/aromatic N) is 3. The Morgan fingerprint density at radius 3 is 2.26 bits per heavy atom. The van der Waals surface area contributed by atoms with Crippen LogP contribution in [0.2, 0.25) is 0 Å². The summed E-state index contributed by atoms with van der Waals surface area (Å²) in [7, 11) is 0. The molecule has 2 heterocycles. The molecule has 0 bridgehead atoms. The van der Waals surface area contributed by atoms with E-state index in [4.69, 9.17) is 9.15 Å². The van der Waals surface area contributed by atoms with E-state index in [1.807, 2.05) is 85.1 Å². The highest BCUT2D eigenvalue weighted by Gasteiger charge is 2.22. The number of carbonyl (C=O) groups is 2. The standard InChI is InChI=1S/C27H27N3O4S/c1-2-15-30(18-24-28-29-27(34-24)23-14-9-16-35-23)25(31)19-33-26(32)17-22(20-10-5-3-6-11-20)21-12-7-4-8-13-21/h3-14,16,22H,2,15,17-19H2,1H3. The SMILES string of the molecule is CCCN(Cc1nnc(-c2cccs2)o1)C(=O)COC(=O)CC(c1ccccc1)c1ccccc1. The molecule has 0 atom stereocenters. The fourth-order valence-corrected chi connectivity index (χ4v) is 4.44. The molecule has 0 aliphatic heterocycles. The molecule has 0 aliphatic carbocycles. The van der Waals surface area contributed by atoms with Gasteiger partial charge in [0, 0.05) is 12.5 Å². The van der Waals surface area contributed by atoms with E-state index in [2.05, 4.69) is 10.2 Å². The molecule has 8 heteroatoms. The molecule has 4 aromatic rings. The third-order valence-corrected chi connectivity index (χ3v) is 6.36. The van der Waals surface area contributed by atoms with E-state index >= 15 is 0 Å². The monoisotopic (exact) mass is 489 g/mol. The van der Waals surface area contributed by atoms with Crippen molar-refractivity contribution in [1.29, 1.82) is 0 Å². The molecule has 180 valence electrons. The Kier molecular flexibility index (Phi) is 8.40. The van der Waals surface area contributed by atoms with Crippen LogP contribution in [0.4, 0.5) is 0 Å². The van der Waals surface area contributed by atoms with E-state index in [1.54, 1.807) is 4.90 Å². The minimum absolute atomic E-state index is 0.142. The van der Waals surface area contributed by atoms with Gasteiger partial charge in [0.05, 0.1) is 17.8 Å². The number of thiophene rings is 1. The maximum Gasteiger partial charge on any atom is 0.307 e. The quantitative estimate of drug-likeness (QED) is 0.266. The maximum absolute atomic E-state index is 12.9. The first-order chi connectivity index (χ1) is 17.1. The number of rotatable bonds is 11. The molecule has 1 amide bonds. The normalized spacial score (nSPS) is 10.9. The highest BCUT2D eigenvalue weighted by molar-refractivity contribution is 7.13. The minimum atomic E-state index is -0.426. The summed E-state index contributed by atoms with van der Waals surface area (Å²) in [6, 6.07) is 23.5. The zero-order chi connectivity index (χ0) is 24.5. The highest BCUT2D eigenvalue weighted by Crippen LogP contribution is 2.28. The number of esters is 1. The Balaban J connectivity index is 1.36. The van der Waals surface area contributed by atoms with Gasteiger partial charge in [0.15, 0.2) is 6.61 Å². The van der Waals surface area contributed by atoms with Crippen LogP contribution < -0.4 is 0 Å². The number of ether oxygens (including phenoxy) is 1. The van der Waals surface area contributed by atoms with Crippen LogP contribution in [0.25, 0.3) is 10.8 Å². The average Bonchev–Trinajstić information content (AvgIpc) is 3.59. The van der Waals surface area contributed by atoms with E-state index < -0.39 is 5.97 Å². The molecule has 2 aromatic carbocycles. The van der Waals surface area contributed by atoms with Gasteiger partial charge < -0.3 is 14.1 Å². The molecule has 0 fully saturated rings. The van der Waals surface area contributed by atoms with Crippen molar-refractivity contribution < 1.29 is 18.7 Å². The number of hydrogen-bond acceptors (Lipinski definition) is 7. The lowest BCUT2D eigenvalue weighted by atomic mass is 9.89. The van der Waals surface area contributed by atoms with E-state index in [1.165, 1.54) is 11.3 Å². The molecule has 2 aromatic heterocycles. The van der Waals surface area contributed by atoms with E-state index in [9.17, 15) is 9.59 Å². The second-order valence-corrected chi connectivity index (χ2v) is 8.98. The third-order valence-electron chi connectivity index (χ3n) is 5.50. The number of aromatic nitrogens is 2. The third kappa shape index (κ3) is 6.64. The molecule has 0 N–H and O–H groups in total. The summed E-state index contributed by atoms with van der Waals surface area (Å²) in [5, 5.41) is 10.1. The van der Waals surface area contributed by atoms with Crippen LogP contribution in [-0.2, 0) is 20.9 Å². The van der Waals surface area contributed by atoms with Crippen LogP contribution in [-0.4, -0.2) is 40.1 Å². The van der Waals surface area contributed by atoms with Crippen molar-refractivity contribution in [3.63, 3.8) is 0 Å². The van der Waals surface area contributed by atoms with Crippen molar-refractivity contribution in [2.45, 2.75) is 32.2 Å². The molecular formula is C27H27N3O4S. The van der Waals surface area contributed by atoms with Crippen LogP contribution in [0, 0.1) is 0 Å². The Labute approximate surface area is 208 Å². The van der Waals surface area contributed by atoms with Crippen molar-refractivity contribution in [2.75, 3.05) is 13.2 Å². The summed E-state index contributed by atoms with van der Waals surface area (Å²) < 4.78 is 11.1. The van der Waals surface area contributed by atoms with Crippen LogP contribution in [0.5, 0.6) is 0 Å². The largest absolute Gasteiger partial charge is 0.456 e. The van der Waals surface area contributed by atoms with Crippen LogP contribution in [0.15, 0.2) is 82.6 Å². The topological polar surface area (TPSA) is 85.5 Å². The predicted molar refractivity (Wildman–Crippen MR) is 134 cm³/mol. The van der Waals surface area contributed by atoms with Crippen molar-refractivity contribution >= 4 is 23.2 Å². The summed E-state index contributed by atoms with van der Waals surface area (Å²) >= 11 is 1.50. The maximum atomic E-state index is 12.9. The molecule has 0 saturated carbocycles. The van der Waals surface area contributed by atoms with E-state index in [0.717, 1.165) is 22.4 Å². The summed E-state index contributed by atoms with van der Waals surface area (Å²) in [6.45, 7) is 2.30. The molecule has 0 unspecified atom stereocenters. The summed E-state index contributed by atoms with van der Waals surface area (Å²) in [6.07, 6.45) is 0.888. The number of amides is 1. The van der Waals surface area contributed by atoms with Gasteiger partial charge in [-0.05, 0) is 29.0 Å². The molecule has 35 heavy (non-hydrogen) atoms. The lowest BCUT2D eigenvalue weighted by Gasteiger charge is -2.21. The summed E-state index contributed by atoms with van der Waals surface area (Å²) in [4.78, 5) is 28.1. The Bertz CT molecular complexity index is 1170. The van der Waals surface area contributed by atoms with Gasteiger partial charge in [0.25, 0.3) is 11.8 Å². The van der Waals surface area contributed by atoms with Crippen molar-refractivity contribution in [3.8, 4) is 10.8 Å². The Morgan fingerprint density at radius 2 is 1.66 bits per heavy atom. The van der Waals surface area contributed by atoms with Gasteiger partial charge in [-0.25, -0.2) is 0 Å². The molecule has 0 saturated heterocycles. The minimum Gasteiger partial charge on any atom is -0.456 e. The zero-order valence-corrected chi connectivity index (χ0v) is 20.3. The van der Waals surface area contributed by atoms with Gasteiger partial charge in [-0.3, -0.25) is 9.59 Å². The Hall–Kier alpha value is -3.78. The zero-order valence-electron chi connectivity index (χ0n) is 19.5. The Morgan fingerprint density at radius 1 is 0.971 bits per heavy atom. The first kappa shape index (κ1) is 24.3. The van der Waals surface area contributed by atoms with Gasteiger partial charge in [-0.15, -0.1) is 21.5 Å². The molecular weight excluding hydrogens is 462 g/mol. The average molecular weight is 490 g/mol. The first-order valence-corrected chi connectivity index (χ1v) is 12.4. The van der Waals surface area contributed by atoms with Gasteiger partial charge in [0.2, 0.25) is 5.89 Å². The fourth-order valence-electron chi connectivity index (χ4n) is 3.80. The molecule has 0 radical (unpaired) electrons. The van der Waals surface area contributed by atoms with Gasteiger partial charge in [0.1, 0.15) is 0 Å². The van der Waals surface area contributed by atoms with Crippen molar-refractivity contribution in [1.82, 2.24) is 15.1 Å². The summed E-state index contributed by atoms with van der Waals surface area (Å²) in [5.74, 6) is -0.105. The fraction of sp³-hybridized carbons (Fsp3) is 0.259. The number of hydrogen-bond donors (Lipinski definition) is 0. The van der Waals surface area contributed by atoms with Crippen LogP contribution >= 0.6 is 11.3 Å². The first-order valence-electron chi connectivity index (χ1n) is 11.5. The number of benzene rings is 2. The second kappa shape index (κ2) is 12.1. The molecule has 0 aliphatic rings. The van der Waals surface area contributed by atoms with E-state index in [0.29, 0.717) is 18.3 Å². The van der Waals surface area contributed by atoms with Gasteiger partial charge in [-0.2, -0.15) is 0 Å². The number of carbonyl (C=O) groups excluding carboxylic acids is 2. The summed E-state index contributed by atoms with van der Waals surface area (Å²) in [5.41, 5.74) is 2.04. The van der Waals surface area contributed by atoms with Gasteiger partial charge >= 0.3 is 5.97 Å². The van der Waals surface area contributed by atoms with Crippen LogP contribution in [0.3, 0.4) is 0 Å². The van der Waals surface area contributed by atoms with Crippen molar-refractivity contribution in [2.24, 2.45) is 0 Å².